The topological polar surface area (TPSA) is 34.1 Å². The van der Waals surface area contributed by atoms with E-state index >= 15 is 0 Å². The standard InChI is InChI=1S/C24H23ClN2O2/c1-3-29-22-13-7-17(8-14-22)23-16-24(18-9-11-21(28-2)12-10-18)27(26-23)20-6-4-5-19(25)15-20/h4-15,24H,3,16H2,1-2H3/t24-/m0/s1. The second-order valence-electron chi connectivity index (χ2n) is 6.82. The summed E-state index contributed by atoms with van der Waals surface area (Å²) in [6.07, 6.45) is 0.798. The van der Waals surface area contributed by atoms with Crippen molar-refractivity contribution in [2.24, 2.45) is 5.10 Å². The molecule has 0 saturated carbocycles. The Labute approximate surface area is 176 Å². The summed E-state index contributed by atoms with van der Waals surface area (Å²) in [6, 6.07) is 24.2. The lowest BCUT2D eigenvalue weighted by atomic mass is 9.98. The molecule has 0 aliphatic carbocycles. The van der Waals surface area contributed by atoms with Gasteiger partial charge in [0.05, 0.1) is 31.2 Å². The molecule has 4 nitrogen and oxygen atoms in total. The second kappa shape index (κ2) is 8.58. The summed E-state index contributed by atoms with van der Waals surface area (Å²) in [6.45, 7) is 2.64. The van der Waals surface area contributed by atoms with Crippen molar-refractivity contribution in [3.63, 3.8) is 0 Å². The highest BCUT2D eigenvalue weighted by molar-refractivity contribution is 6.30. The first-order chi connectivity index (χ1) is 14.2. The molecule has 0 N–H and O–H groups in total. The number of rotatable bonds is 6. The largest absolute Gasteiger partial charge is 0.497 e. The van der Waals surface area contributed by atoms with E-state index in [4.69, 9.17) is 26.2 Å². The van der Waals surface area contributed by atoms with Crippen LogP contribution in [0.1, 0.15) is 30.5 Å². The lowest BCUT2D eigenvalue weighted by molar-refractivity contribution is 0.340. The van der Waals surface area contributed by atoms with Crippen molar-refractivity contribution in [2.45, 2.75) is 19.4 Å². The quantitative estimate of drug-likeness (QED) is 0.495. The van der Waals surface area contributed by atoms with Crippen LogP contribution < -0.4 is 14.5 Å². The van der Waals surface area contributed by atoms with Crippen molar-refractivity contribution in [3.8, 4) is 11.5 Å². The van der Waals surface area contributed by atoms with Crippen molar-refractivity contribution in [1.82, 2.24) is 0 Å². The summed E-state index contributed by atoms with van der Waals surface area (Å²) in [7, 11) is 1.68. The SMILES string of the molecule is CCOc1ccc(C2=NN(c3cccc(Cl)c3)[C@H](c3ccc(OC)cc3)C2)cc1. The van der Waals surface area contributed by atoms with E-state index in [0.29, 0.717) is 11.6 Å². The molecule has 1 atom stereocenters. The van der Waals surface area contributed by atoms with Gasteiger partial charge in [-0.05, 0) is 72.6 Å². The van der Waals surface area contributed by atoms with Crippen LogP contribution in [0, 0.1) is 0 Å². The molecule has 0 bridgehead atoms. The monoisotopic (exact) mass is 406 g/mol. The van der Waals surface area contributed by atoms with Crippen LogP contribution in [-0.2, 0) is 0 Å². The number of hydrazone groups is 1. The highest BCUT2D eigenvalue weighted by atomic mass is 35.5. The van der Waals surface area contributed by atoms with Crippen LogP contribution in [-0.4, -0.2) is 19.4 Å². The summed E-state index contributed by atoms with van der Waals surface area (Å²) in [5, 5.41) is 7.72. The van der Waals surface area contributed by atoms with Gasteiger partial charge in [-0.2, -0.15) is 5.10 Å². The van der Waals surface area contributed by atoms with Crippen LogP contribution >= 0.6 is 11.6 Å². The Bertz CT molecular complexity index is 1000. The maximum atomic E-state index is 6.25. The Morgan fingerprint density at radius 2 is 1.72 bits per heavy atom. The fourth-order valence-corrected chi connectivity index (χ4v) is 3.72. The van der Waals surface area contributed by atoms with Gasteiger partial charge in [-0.25, -0.2) is 0 Å². The molecule has 0 radical (unpaired) electrons. The summed E-state index contributed by atoms with van der Waals surface area (Å²) < 4.78 is 10.9. The third-order valence-electron chi connectivity index (χ3n) is 4.98. The molecule has 0 saturated heterocycles. The van der Waals surface area contributed by atoms with Gasteiger partial charge in [-0.3, -0.25) is 5.01 Å². The summed E-state index contributed by atoms with van der Waals surface area (Å²) in [4.78, 5) is 0. The Balaban J connectivity index is 1.69. The molecule has 29 heavy (non-hydrogen) atoms. The fourth-order valence-electron chi connectivity index (χ4n) is 3.54. The van der Waals surface area contributed by atoms with Gasteiger partial charge >= 0.3 is 0 Å². The molecule has 5 heteroatoms. The molecule has 0 amide bonds. The van der Waals surface area contributed by atoms with E-state index in [1.165, 1.54) is 5.56 Å². The molecule has 0 spiro atoms. The number of ether oxygens (including phenoxy) is 2. The van der Waals surface area contributed by atoms with E-state index in [-0.39, 0.29) is 6.04 Å². The minimum absolute atomic E-state index is 0.0842. The number of methoxy groups -OCH3 is 1. The molecule has 148 valence electrons. The highest BCUT2D eigenvalue weighted by Crippen LogP contribution is 2.38. The van der Waals surface area contributed by atoms with Crippen molar-refractivity contribution in [1.29, 1.82) is 0 Å². The smallest absolute Gasteiger partial charge is 0.119 e. The zero-order valence-corrected chi connectivity index (χ0v) is 17.3. The first kappa shape index (κ1) is 19.3. The van der Waals surface area contributed by atoms with Gasteiger partial charge in [-0.15, -0.1) is 0 Å². The predicted molar refractivity (Wildman–Crippen MR) is 118 cm³/mol. The minimum Gasteiger partial charge on any atom is -0.497 e. The Morgan fingerprint density at radius 3 is 2.38 bits per heavy atom. The van der Waals surface area contributed by atoms with Crippen molar-refractivity contribution >= 4 is 23.0 Å². The van der Waals surface area contributed by atoms with Crippen LogP contribution in [0.3, 0.4) is 0 Å². The van der Waals surface area contributed by atoms with E-state index in [2.05, 4.69) is 29.3 Å². The average Bonchev–Trinajstić information content (AvgIpc) is 3.20. The van der Waals surface area contributed by atoms with E-state index in [1.54, 1.807) is 7.11 Å². The number of benzene rings is 3. The van der Waals surface area contributed by atoms with Crippen LogP contribution in [0.15, 0.2) is 77.9 Å². The number of hydrogen-bond acceptors (Lipinski definition) is 4. The molecule has 3 aromatic carbocycles. The maximum Gasteiger partial charge on any atom is 0.119 e. The zero-order chi connectivity index (χ0) is 20.2. The average molecular weight is 407 g/mol. The predicted octanol–water partition coefficient (Wildman–Crippen LogP) is 6.10. The molecule has 0 aromatic heterocycles. The summed E-state index contributed by atoms with van der Waals surface area (Å²) in [5.41, 5.74) is 4.28. The van der Waals surface area contributed by atoms with Crippen LogP contribution in [0.5, 0.6) is 11.5 Å². The molecule has 0 unspecified atom stereocenters. The van der Waals surface area contributed by atoms with Crippen molar-refractivity contribution in [2.75, 3.05) is 18.7 Å². The van der Waals surface area contributed by atoms with E-state index in [1.807, 2.05) is 55.5 Å². The van der Waals surface area contributed by atoms with Gasteiger partial charge in [0.25, 0.3) is 0 Å². The van der Waals surface area contributed by atoms with E-state index < -0.39 is 0 Å². The molecule has 0 fully saturated rings. The highest BCUT2D eigenvalue weighted by Gasteiger charge is 2.30. The van der Waals surface area contributed by atoms with Gasteiger partial charge in [0.1, 0.15) is 11.5 Å². The Kier molecular flexibility index (Phi) is 5.72. The normalized spacial score (nSPS) is 15.9. The molecule has 4 rings (SSSR count). The van der Waals surface area contributed by atoms with Gasteiger partial charge in [0, 0.05) is 11.4 Å². The third-order valence-corrected chi connectivity index (χ3v) is 5.22. The first-order valence-corrected chi connectivity index (χ1v) is 10.0. The van der Waals surface area contributed by atoms with E-state index in [0.717, 1.165) is 34.9 Å². The number of halogens is 1. The van der Waals surface area contributed by atoms with Crippen LogP contribution in [0.4, 0.5) is 5.69 Å². The number of anilines is 1. The molecular weight excluding hydrogens is 384 g/mol. The van der Waals surface area contributed by atoms with Crippen LogP contribution in [0.2, 0.25) is 5.02 Å². The van der Waals surface area contributed by atoms with Gasteiger partial charge in [0.15, 0.2) is 0 Å². The Morgan fingerprint density at radius 1 is 1.00 bits per heavy atom. The van der Waals surface area contributed by atoms with Gasteiger partial charge in [-0.1, -0.05) is 29.8 Å². The third kappa shape index (κ3) is 4.22. The van der Waals surface area contributed by atoms with Gasteiger partial charge in [0.2, 0.25) is 0 Å². The molecule has 3 aromatic rings. The number of hydrogen-bond donors (Lipinski definition) is 0. The lowest BCUT2D eigenvalue weighted by Gasteiger charge is -2.24. The second-order valence-corrected chi connectivity index (χ2v) is 7.26. The first-order valence-electron chi connectivity index (χ1n) is 9.67. The molecular formula is C24H23ClN2O2. The fraction of sp³-hybridized carbons (Fsp3) is 0.208. The summed E-state index contributed by atoms with van der Waals surface area (Å²) >= 11 is 6.25. The minimum atomic E-state index is 0.0842. The zero-order valence-electron chi connectivity index (χ0n) is 16.5. The number of nitrogens with zero attached hydrogens (tertiary/aromatic N) is 2. The Hall–Kier alpha value is -2.98. The van der Waals surface area contributed by atoms with Gasteiger partial charge < -0.3 is 9.47 Å². The maximum absolute atomic E-state index is 6.25. The lowest BCUT2D eigenvalue weighted by Crippen LogP contribution is -2.18. The van der Waals surface area contributed by atoms with E-state index in [9.17, 15) is 0 Å². The van der Waals surface area contributed by atoms with Crippen molar-refractivity contribution < 1.29 is 9.47 Å². The van der Waals surface area contributed by atoms with Crippen LogP contribution in [0.25, 0.3) is 0 Å². The van der Waals surface area contributed by atoms with Crippen molar-refractivity contribution in [3.05, 3.63) is 88.9 Å². The summed E-state index contributed by atoms with van der Waals surface area (Å²) in [5.74, 6) is 1.71. The molecule has 1 heterocycles. The molecule has 1 aliphatic heterocycles. The molecule has 1 aliphatic rings.